The second-order valence-electron chi connectivity index (χ2n) is 1.30. The number of carbonyl (C=O) groups excluding carboxylic acids is 1. The number of aromatic nitrogens is 2. The van der Waals surface area contributed by atoms with E-state index in [-0.39, 0.29) is 0 Å². The zero-order valence-corrected chi connectivity index (χ0v) is 4.88. The van der Waals surface area contributed by atoms with Gasteiger partial charge in [0.25, 0.3) is 0 Å². The molecule has 0 unspecified atom stereocenters. The summed E-state index contributed by atoms with van der Waals surface area (Å²) < 4.78 is 1.42. The zero-order valence-electron chi connectivity index (χ0n) is 3.98. The molecule has 0 aliphatic carbocycles. The number of nitrogens with zero attached hydrogens (tertiary/aromatic N) is 2. The summed E-state index contributed by atoms with van der Waals surface area (Å²) in [6.07, 6.45) is 3.65. The first-order valence-electron chi connectivity index (χ1n) is 2.01. The molecule has 0 N–H and O–H groups in total. The SMILES string of the molecule is O=Cc1cn(S)cn1. The Bertz CT molecular complexity index is 196. The Kier molecular flexibility index (Phi) is 1.34. The number of hydrogen-bond donors (Lipinski definition) is 1. The Morgan fingerprint density at radius 2 is 2.62 bits per heavy atom. The van der Waals surface area contributed by atoms with Gasteiger partial charge in [-0.1, -0.05) is 12.8 Å². The van der Waals surface area contributed by atoms with E-state index in [2.05, 4.69) is 17.8 Å². The molecule has 0 spiro atoms. The summed E-state index contributed by atoms with van der Waals surface area (Å²) in [6, 6.07) is 0. The van der Waals surface area contributed by atoms with Crippen molar-refractivity contribution < 1.29 is 4.79 Å². The van der Waals surface area contributed by atoms with Crippen LogP contribution < -0.4 is 0 Å². The number of imidazole rings is 1. The van der Waals surface area contributed by atoms with Crippen LogP contribution in [-0.2, 0) is 0 Å². The minimum atomic E-state index is 0.403. The van der Waals surface area contributed by atoms with Gasteiger partial charge < -0.3 is 0 Å². The maximum atomic E-state index is 9.91. The number of carbonyl (C=O) groups is 1. The average Bonchev–Trinajstić information content (AvgIpc) is 2.14. The van der Waals surface area contributed by atoms with Gasteiger partial charge in [-0.15, -0.1) is 0 Å². The summed E-state index contributed by atoms with van der Waals surface area (Å²) in [5.74, 6) is 0. The summed E-state index contributed by atoms with van der Waals surface area (Å²) in [4.78, 5) is 13.6. The van der Waals surface area contributed by atoms with Crippen LogP contribution in [0.3, 0.4) is 0 Å². The topological polar surface area (TPSA) is 34.9 Å². The van der Waals surface area contributed by atoms with Crippen molar-refractivity contribution in [1.29, 1.82) is 0 Å². The van der Waals surface area contributed by atoms with E-state index >= 15 is 0 Å². The molecule has 1 aromatic heterocycles. The molecule has 0 aromatic carbocycles. The van der Waals surface area contributed by atoms with Crippen molar-refractivity contribution in [2.24, 2.45) is 0 Å². The highest BCUT2D eigenvalue weighted by molar-refractivity contribution is 7.78. The molecule has 1 rings (SSSR count). The zero-order chi connectivity index (χ0) is 5.98. The van der Waals surface area contributed by atoms with Crippen LogP contribution >= 0.6 is 12.8 Å². The molecule has 1 heterocycles. The lowest BCUT2D eigenvalue weighted by Crippen LogP contribution is -1.73. The molecule has 42 valence electrons. The van der Waals surface area contributed by atoms with Crippen LogP contribution in [0, 0.1) is 0 Å². The van der Waals surface area contributed by atoms with E-state index in [1.807, 2.05) is 0 Å². The highest BCUT2D eigenvalue weighted by atomic mass is 32.1. The lowest BCUT2D eigenvalue weighted by atomic mass is 10.6. The lowest BCUT2D eigenvalue weighted by Gasteiger charge is -1.76. The van der Waals surface area contributed by atoms with Gasteiger partial charge in [0, 0.05) is 6.20 Å². The van der Waals surface area contributed by atoms with Crippen LogP contribution in [0.5, 0.6) is 0 Å². The molecule has 0 amide bonds. The summed E-state index contributed by atoms with van der Waals surface area (Å²) in [5, 5.41) is 0. The maximum Gasteiger partial charge on any atom is 0.170 e. The fraction of sp³-hybridized carbons (Fsp3) is 0. The Balaban J connectivity index is 3.00. The minimum absolute atomic E-state index is 0.403. The van der Waals surface area contributed by atoms with E-state index in [1.54, 1.807) is 0 Å². The molecule has 0 aliphatic heterocycles. The predicted octanol–water partition coefficient (Wildman–Crippen LogP) is 0.388. The molecule has 0 saturated carbocycles. The van der Waals surface area contributed by atoms with E-state index in [4.69, 9.17) is 0 Å². The molecule has 0 atom stereocenters. The Morgan fingerprint density at radius 1 is 1.88 bits per heavy atom. The monoisotopic (exact) mass is 128 g/mol. The Morgan fingerprint density at radius 3 is 2.88 bits per heavy atom. The normalized spacial score (nSPS) is 9.12. The number of thiol groups is 1. The van der Waals surface area contributed by atoms with Crippen LogP contribution in [0.15, 0.2) is 12.5 Å². The second-order valence-corrected chi connectivity index (χ2v) is 1.76. The van der Waals surface area contributed by atoms with Gasteiger partial charge in [-0.05, 0) is 0 Å². The smallest absolute Gasteiger partial charge is 0.170 e. The third kappa shape index (κ3) is 0.894. The van der Waals surface area contributed by atoms with Gasteiger partial charge in [-0.3, -0.25) is 8.77 Å². The highest BCUT2D eigenvalue weighted by Crippen LogP contribution is 1.91. The van der Waals surface area contributed by atoms with Crippen molar-refractivity contribution >= 4 is 19.1 Å². The van der Waals surface area contributed by atoms with Gasteiger partial charge in [-0.2, -0.15) is 0 Å². The van der Waals surface area contributed by atoms with Gasteiger partial charge in [0.2, 0.25) is 0 Å². The number of rotatable bonds is 1. The predicted molar refractivity (Wildman–Crippen MR) is 32.0 cm³/mol. The molecule has 0 bridgehead atoms. The molecule has 0 saturated heterocycles. The quantitative estimate of drug-likeness (QED) is 0.438. The second kappa shape index (κ2) is 2.00. The first kappa shape index (κ1) is 5.37. The van der Waals surface area contributed by atoms with Gasteiger partial charge in [0.05, 0.1) is 0 Å². The summed E-state index contributed by atoms with van der Waals surface area (Å²) in [6.45, 7) is 0. The minimum Gasteiger partial charge on any atom is -0.296 e. The molecule has 4 heteroatoms. The average molecular weight is 128 g/mol. The van der Waals surface area contributed by atoms with Crippen molar-refractivity contribution in [3.8, 4) is 0 Å². The molecular weight excluding hydrogens is 124 g/mol. The van der Waals surface area contributed by atoms with Crippen LogP contribution in [0.1, 0.15) is 10.5 Å². The van der Waals surface area contributed by atoms with Crippen molar-refractivity contribution in [1.82, 2.24) is 8.96 Å². The van der Waals surface area contributed by atoms with Gasteiger partial charge in [0.1, 0.15) is 12.0 Å². The fourth-order valence-corrected chi connectivity index (χ4v) is 0.559. The molecule has 0 radical (unpaired) electrons. The Labute approximate surface area is 51.9 Å². The van der Waals surface area contributed by atoms with Crippen molar-refractivity contribution in [3.63, 3.8) is 0 Å². The van der Waals surface area contributed by atoms with E-state index in [0.29, 0.717) is 12.0 Å². The van der Waals surface area contributed by atoms with Crippen LogP contribution in [-0.4, -0.2) is 15.2 Å². The molecule has 1 aromatic rings. The summed E-state index contributed by atoms with van der Waals surface area (Å²) in [7, 11) is 0. The van der Waals surface area contributed by atoms with E-state index < -0.39 is 0 Å². The third-order valence-corrected chi connectivity index (χ3v) is 0.929. The van der Waals surface area contributed by atoms with E-state index in [9.17, 15) is 4.79 Å². The van der Waals surface area contributed by atoms with E-state index in [0.717, 1.165) is 0 Å². The first-order chi connectivity index (χ1) is 3.83. The van der Waals surface area contributed by atoms with Crippen LogP contribution in [0.25, 0.3) is 0 Å². The van der Waals surface area contributed by atoms with Crippen LogP contribution in [0.4, 0.5) is 0 Å². The lowest BCUT2D eigenvalue weighted by molar-refractivity contribution is 0.111. The molecule has 8 heavy (non-hydrogen) atoms. The van der Waals surface area contributed by atoms with Crippen molar-refractivity contribution in [2.75, 3.05) is 0 Å². The van der Waals surface area contributed by atoms with Gasteiger partial charge in [-0.25, -0.2) is 4.98 Å². The highest BCUT2D eigenvalue weighted by Gasteiger charge is 1.89. The van der Waals surface area contributed by atoms with E-state index in [1.165, 1.54) is 16.5 Å². The molecule has 3 nitrogen and oxygen atoms in total. The maximum absolute atomic E-state index is 9.91. The fourth-order valence-electron chi connectivity index (χ4n) is 0.389. The summed E-state index contributed by atoms with van der Waals surface area (Å²) in [5.41, 5.74) is 0.403. The third-order valence-electron chi connectivity index (χ3n) is 0.710. The Hall–Kier alpha value is -0.770. The standard InChI is InChI=1S/C4H4N2OS/c7-2-4-1-6(8)3-5-4/h1-3,8H. The molecule has 0 fully saturated rings. The number of aldehydes is 1. The van der Waals surface area contributed by atoms with Crippen molar-refractivity contribution in [3.05, 3.63) is 18.2 Å². The summed E-state index contributed by atoms with van der Waals surface area (Å²) >= 11 is 3.85. The molecule has 0 aliphatic rings. The van der Waals surface area contributed by atoms with Crippen LogP contribution in [0.2, 0.25) is 0 Å². The van der Waals surface area contributed by atoms with Gasteiger partial charge >= 0.3 is 0 Å². The first-order valence-corrected chi connectivity index (χ1v) is 2.41. The number of hydrogen-bond acceptors (Lipinski definition) is 3. The molecular formula is C4H4N2OS. The largest absolute Gasteiger partial charge is 0.296 e. The van der Waals surface area contributed by atoms with Crippen molar-refractivity contribution in [2.45, 2.75) is 0 Å². The van der Waals surface area contributed by atoms with Gasteiger partial charge in [0.15, 0.2) is 6.29 Å².